The summed E-state index contributed by atoms with van der Waals surface area (Å²) in [5, 5.41) is 11.4. The second-order valence-electron chi connectivity index (χ2n) is 7.36. The van der Waals surface area contributed by atoms with Crippen LogP contribution in [0.2, 0.25) is 5.02 Å². The Morgan fingerprint density at radius 1 is 1.23 bits per heavy atom. The molecule has 1 unspecified atom stereocenters. The molecule has 31 heavy (non-hydrogen) atoms. The van der Waals surface area contributed by atoms with Gasteiger partial charge in [0.1, 0.15) is 11.5 Å². The number of ether oxygens (including phenoxy) is 2. The monoisotopic (exact) mass is 455 g/mol. The van der Waals surface area contributed by atoms with Crippen molar-refractivity contribution < 1.29 is 14.3 Å². The van der Waals surface area contributed by atoms with Gasteiger partial charge in [-0.15, -0.1) is 0 Å². The van der Waals surface area contributed by atoms with Crippen molar-refractivity contribution in [1.82, 2.24) is 4.90 Å². The quantitative estimate of drug-likeness (QED) is 0.654. The average Bonchev–Trinajstić information content (AvgIpc) is 2.80. The predicted molar refractivity (Wildman–Crippen MR) is 122 cm³/mol. The minimum Gasteiger partial charge on any atom is -0.497 e. The number of methoxy groups -OCH3 is 2. The van der Waals surface area contributed by atoms with Gasteiger partial charge in [0.25, 0.3) is 0 Å². The van der Waals surface area contributed by atoms with E-state index in [2.05, 4.69) is 11.0 Å². The number of carbonyl (C=O) groups is 1. The lowest BCUT2D eigenvalue weighted by Crippen LogP contribution is -2.47. The first kappa shape index (κ1) is 21.4. The van der Waals surface area contributed by atoms with Crippen molar-refractivity contribution in [2.24, 2.45) is 0 Å². The second kappa shape index (κ2) is 8.74. The van der Waals surface area contributed by atoms with Crippen LogP contribution in [-0.4, -0.2) is 37.6 Å². The van der Waals surface area contributed by atoms with E-state index in [1.165, 1.54) is 11.8 Å². The number of amides is 1. The van der Waals surface area contributed by atoms with Crippen LogP contribution in [0.3, 0.4) is 0 Å². The van der Waals surface area contributed by atoms with Crippen LogP contribution < -0.4 is 14.4 Å². The first-order valence-corrected chi connectivity index (χ1v) is 11.1. The Balaban J connectivity index is 1.70. The number of thioether (sulfide) groups is 1. The Morgan fingerprint density at radius 2 is 2.03 bits per heavy atom. The molecule has 1 amide bonds. The van der Waals surface area contributed by atoms with E-state index in [0.717, 1.165) is 21.8 Å². The van der Waals surface area contributed by atoms with E-state index < -0.39 is 0 Å². The summed E-state index contributed by atoms with van der Waals surface area (Å²) in [7, 11) is 3.17. The zero-order valence-corrected chi connectivity index (χ0v) is 19.1. The SMILES string of the molecule is COc1ccc(C2CC(=O)N3CN(c4cccc(Cl)c4C)CSC3=C2C#N)c(OC)c1. The van der Waals surface area contributed by atoms with E-state index >= 15 is 0 Å². The summed E-state index contributed by atoms with van der Waals surface area (Å²) in [6.07, 6.45) is 0.206. The van der Waals surface area contributed by atoms with Gasteiger partial charge in [0.15, 0.2) is 0 Å². The lowest BCUT2D eigenvalue weighted by atomic mass is 9.86. The molecule has 0 saturated carbocycles. The number of benzene rings is 2. The van der Waals surface area contributed by atoms with E-state index in [-0.39, 0.29) is 18.2 Å². The lowest BCUT2D eigenvalue weighted by Gasteiger charge is -2.42. The van der Waals surface area contributed by atoms with E-state index in [1.807, 2.05) is 37.3 Å². The highest BCUT2D eigenvalue weighted by molar-refractivity contribution is 8.03. The molecule has 6 nitrogen and oxygen atoms in total. The molecule has 4 rings (SSSR count). The van der Waals surface area contributed by atoms with Gasteiger partial charge in [0, 0.05) is 34.7 Å². The standard InChI is InChI=1S/C23H22ClN3O3S/c1-14-19(24)5-4-6-20(14)26-12-27-22(28)10-17(18(11-25)23(27)31-13-26)16-8-7-15(29-2)9-21(16)30-3/h4-9,17H,10,12-13H2,1-3H3. The molecule has 0 aliphatic carbocycles. The minimum atomic E-state index is -0.350. The highest BCUT2D eigenvalue weighted by atomic mass is 35.5. The van der Waals surface area contributed by atoms with Crippen LogP contribution in [0.1, 0.15) is 23.5 Å². The molecule has 2 aromatic carbocycles. The van der Waals surface area contributed by atoms with Gasteiger partial charge >= 0.3 is 0 Å². The molecule has 2 heterocycles. The number of anilines is 1. The van der Waals surface area contributed by atoms with Crippen LogP contribution in [-0.2, 0) is 4.79 Å². The van der Waals surface area contributed by atoms with Crippen molar-refractivity contribution in [1.29, 1.82) is 5.26 Å². The zero-order valence-electron chi connectivity index (χ0n) is 17.5. The van der Waals surface area contributed by atoms with Crippen molar-refractivity contribution in [3.8, 4) is 17.6 Å². The summed E-state index contributed by atoms with van der Waals surface area (Å²) in [5.74, 6) is 1.52. The topological polar surface area (TPSA) is 65.8 Å². The number of fused-ring (bicyclic) bond motifs is 1. The maximum absolute atomic E-state index is 13.2. The maximum atomic E-state index is 13.2. The second-order valence-corrected chi connectivity index (χ2v) is 8.70. The van der Waals surface area contributed by atoms with E-state index in [1.54, 1.807) is 25.2 Å². The molecule has 2 aliphatic rings. The van der Waals surface area contributed by atoms with E-state index in [0.29, 0.717) is 34.6 Å². The molecular formula is C23H22ClN3O3S. The predicted octanol–water partition coefficient (Wildman–Crippen LogP) is 4.89. The van der Waals surface area contributed by atoms with Gasteiger partial charge in [-0.05, 0) is 30.7 Å². The number of halogens is 1. The zero-order chi connectivity index (χ0) is 22.1. The average molecular weight is 456 g/mol. The van der Waals surface area contributed by atoms with Gasteiger partial charge in [-0.3, -0.25) is 9.69 Å². The molecule has 1 saturated heterocycles. The summed E-state index contributed by atoms with van der Waals surface area (Å²) in [6, 6.07) is 13.6. The largest absolute Gasteiger partial charge is 0.497 e. The molecule has 160 valence electrons. The van der Waals surface area contributed by atoms with Gasteiger partial charge in [-0.1, -0.05) is 35.5 Å². The van der Waals surface area contributed by atoms with Crippen LogP contribution in [0, 0.1) is 18.3 Å². The molecule has 0 spiro atoms. The van der Waals surface area contributed by atoms with Gasteiger partial charge in [0.05, 0.1) is 43.4 Å². The Bertz CT molecular complexity index is 1110. The number of rotatable bonds is 4. The highest BCUT2D eigenvalue weighted by Gasteiger charge is 2.39. The fraction of sp³-hybridized carbons (Fsp3) is 0.304. The molecule has 0 aromatic heterocycles. The Morgan fingerprint density at radius 3 is 2.74 bits per heavy atom. The van der Waals surface area contributed by atoms with Crippen LogP contribution in [0.15, 0.2) is 47.0 Å². The maximum Gasteiger partial charge on any atom is 0.229 e. The first-order chi connectivity index (χ1) is 15.0. The van der Waals surface area contributed by atoms with Crippen molar-refractivity contribution in [3.63, 3.8) is 0 Å². The molecule has 0 bridgehead atoms. The van der Waals surface area contributed by atoms with Crippen molar-refractivity contribution >= 4 is 35.0 Å². The van der Waals surface area contributed by atoms with Crippen LogP contribution >= 0.6 is 23.4 Å². The van der Waals surface area contributed by atoms with Crippen LogP contribution in [0.4, 0.5) is 5.69 Å². The number of hydrogen-bond acceptors (Lipinski definition) is 6. The normalized spacial score (nSPS) is 18.5. The smallest absolute Gasteiger partial charge is 0.229 e. The summed E-state index contributed by atoms with van der Waals surface area (Å²) < 4.78 is 10.8. The van der Waals surface area contributed by atoms with Crippen molar-refractivity contribution in [2.45, 2.75) is 19.3 Å². The number of allylic oxidation sites excluding steroid dienone is 1. The Kier molecular flexibility index (Phi) is 6.03. The Labute approximate surface area is 191 Å². The lowest BCUT2D eigenvalue weighted by molar-refractivity contribution is -0.129. The third kappa shape index (κ3) is 3.82. The highest BCUT2D eigenvalue weighted by Crippen LogP contribution is 2.46. The molecule has 8 heteroatoms. The molecule has 0 N–H and O–H groups in total. The van der Waals surface area contributed by atoms with Gasteiger partial charge in [0.2, 0.25) is 5.91 Å². The van der Waals surface area contributed by atoms with E-state index in [9.17, 15) is 10.1 Å². The number of carbonyl (C=O) groups excluding carboxylic acids is 1. The molecule has 1 atom stereocenters. The van der Waals surface area contributed by atoms with Gasteiger partial charge in [-0.2, -0.15) is 5.26 Å². The molecule has 1 fully saturated rings. The number of hydrogen-bond donors (Lipinski definition) is 0. The third-order valence-corrected chi connectivity index (χ3v) is 7.25. The molecule has 0 radical (unpaired) electrons. The van der Waals surface area contributed by atoms with Crippen molar-refractivity contribution in [3.05, 3.63) is 63.1 Å². The summed E-state index contributed by atoms with van der Waals surface area (Å²) in [5.41, 5.74) is 3.37. The summed E-state index contributed by atoms with van der Waals surface area (Å²) in [4.78, 5) is 17.0. The van der Waals surface area contributed by atoms with Gasteiger partial charge in [-0.25, -0.2) is 0 Å². The number of nitriles is 1. The first-order valence-electron chi connectivity index (χ1n) is 9.77. The van der Waals surface area contributed by atoms with Crippen LogP contribution in [0.5, 0.6) is 11.5 Å². The summed E-state index contributed by atoms with van der Waals surface area (Å²) in [6.45, 7) is 2.36. The van der Waals surface area contributed by atoms with Crippen LogP contribution in [0.25, 0.3) is 0 Å². The minimum absolute atomic E-state index is 0.0197. The molecule has 2 aromatic rings. The molecular weight excluding hydrogens is 434 g/mol. The fourth-order valence-corrected chi connectivity index (χ4v) is 5.35. The summed E-state index contributed by atoms with van der Waals surface area (Å²) >= 11 is 7.79. The van der Waals surface area contributed by atoms with E-state index in [4.69, 9.17) is 21.1 Å². The molecule has 2 aliphatic heterocycles. The fourth-order valence-electron chi connectivity index (χ4n) is 4.03. The van der Waals surface area contributed by atoms with Crippen molar-refractivity contribution in [2.75, 3.05) is 31.7 Å². The Hall–Kier alpha value is -2.82. The number of nitrogens with zero attached hydrogens (tertiary/aromatic N) is 3. The van der Waals surface area contributed by atoms with Gasteiger partial charge < -0.3 is 14.4 Å². The third-order valence-electron chi connectivity index (χ3n) is 5.69.